The van der Waals surface area contributed by atoms with Gasteiger partial charge in [0.15, 0.2) is 0 Å². The Kier molecular flexibility index (Phi) is 5.58. The summed E-state index contributed by atoms with van der Waals surface area (Å²) in [6.07, 6.45) is 2.12. The molecule has 0 atom stereocenters. The number of phenolic OH excluding ortho intramolecular Hbond substituents is 1. The van der Waals surface area contributed by atoms with Crippen molar-refractivity contribution in [3.63, 3.8) is 0 Å². The van der Waals surface area contributed by atoms with Gasteiger partial charge >= 0.3 is 0 Å². The van der Waals surface area contributed by atoms with E-state index in [0.717, 1.165) is 18.2 Å². The fraction of sp³-hybridized carbons (Fsp3) is 0.353. The summed E-state index contributed by atoms with van der Waals surface area (Å²) in [5, 5.41) is 14.6. The molecule has 0 radical (unpaired) electrons. The highest BCUT2D eigenvalue weighted by molar-refractivity contribution is 6.03. The molecule has 0 saturated heterocycles. The lowest BCUT2D eigenvalue weighted by Gasteiger charge is -2.09. The molecule has 0 aliphatic carbocycles. The van der Waals surface area contributed by atoms with E-state index in [1.165, 1.54) is 0 Å². The molecule has 0 heterocycles. The maximum absolute atomic E-state index is 12.1. The van der Waals surface area contributed by atoms with Crippen molar-refractivity contribution < 1.29 is 14.6 Å². The number of ether oxygens (including phenoxy) is 1. The number of benzene rings is 2. The minimum atomic E-state index is -0.280. The van der Waals surface area contributed by atoms with Crippen LogP contribution in [0, 0.1) is 0 Å². The molecule has 112 valence electrons. The molecule has 21 heavy (non-hydrogen) atoms. The quantitative estimate of drug-likeness (QED) is 0.769. The maximum atomic E-state index is 12.1. The van der Waals surface area contributed by atoms with Crippen LogP contribution >= 0.6 is 0 Å². The number of fused-ring (bicyclic) bond motifs is 1. The Hall–Kier alpha value is -2.07. The molecule has 0 unspecified atom stereocenters. The van der Waals surface area contributed by atoms with Gasteiger partial charge in [-0.15, -0.1) is 0 Å². The van der Waals surface area contributed by atoms with Gasteiger partial charge in [0.2, 0.25) is 0 Å². The van der Waals surface area contributed by atoms with E-state index < -0.39 is 0 Å². The number of aromatic hydroxyl groups is 1. The zero-order valence-corrected chi connectivity index (χ0v) is 12.3. The van der Waals surface area contributed by atoms with Gasteiger partial charge in [-0.05, 0) is 17.9 Å². The number of phenols is 1. The largest absolute Gasteiger partial charge is 0.506 e. The summed E-state index contributed by atoms with van der Waals surface area (Å²) in [5.41, 5.74) is 0.294. The van der Waals surface area contributed by atoms with Crippen LogP contribution in [-0.2, 0) is 4.74 Å². The van der Waals surface area contributed by atoms with Crippen molar-refractivity contribution in [1.82, 2.24) is 5.32 Å². The third kappa shape index (κ3) is 3.95. The van der Waals surface area contributed by atoms with Crippen molar-refractivity contribution in [2.24, 2.45) is 0 Å². The number of carbonyl (C=O) groups excluding carboxylic acids is 1. The number of hydrogen-bond donors (Lipinski definition) is 2. The molecule has 4 heteroatoms. The number of carbonyl (C=O) groups is 1. The van der Waals surface area contributed by atoms with Gasteiger partial charge < -0.3 is 15.2 Å². The van der Waals surface area contributed by atoms with Gasteiger partial charge in [-0.1, -0.05) is 43.7 Å². The highest BCUT2D eigenvalue weighted by Crippen LogP contribution is 2.28. The van der Waals surface area contributed by atoms with Crippen LogP contribution < -0.4 is 5.32 Å². The van der Waals surface area contributed by atoms with Gasteiger partial charge in [0.1, 0.15) is 5.75 Å². The number of nitrogens with one attached hydrogen (secondary N) is 1. The lowest BCUT2D eigenvalue weighted by molar-refractivity contribution is 0.0910. The molecule has 2 rings (SSSR count). The van der Waals surface area contributed by atoms with Gasteiger partial charge in [-0.3, -0.25) is 4.79 Å². The topological polar surface area (TPSA) is 58.6 Å². The molecule has 0 aliphatic heterocycles. The summed E-state index contributed by atoms with van der Waals surface area (Å²) in [5.74, 6) is -0.255. The van der Waals surface area contributed by atoms with Crippen LogP contribution in [0.1, 0.15) is 30.1 Å². The van der Waals surface area contributed by atoms with Gasteiger partial charge in [-0.2, -0.15) is 0 Å². The Morgan fingerprint density at radius 2 is 2.00 bits per heavy atom. The minimum absolute atomic E-state index is 0.0255. The van der Waals surface area contributed by atoms with Crippen molar-refractivity contribution in [3.8, 4) is 5.75 Å². The highest BCUT2D eigenvalue weighted by Gasteiger charge is 2.12. The lowest BCUT2D eigenvalue weighted by atomic mass is 10.0. The summed E-state index contributed by atoms with van der Waals surface area (Å²) < 4.78 is 5.38. The van der Waals surface area contributed by atoms with E-state index >= 15 is 0 Å². The van der Waals surface area contributed by atoms with Crippen LogP contribution in [0.3, 0.4) is 0 Å². The molecule has 0 spiro atoms. The summed E-state index contributed by atoms with van der Waals surface area (Å²) >= 11 is 0. The Morgan fingerprint density at radius 3 is 2.81 bits per heavy atom. The first kappa shape index (κ1) is 15.3. The average Bonchev–Trinajstić information content (AvgIpc) is 2.51. The molecular formula is C17H21NO3. The van der Waals surface area contributed by atoms with E-state index in [1.807, 2.05) is 24.3 Å². The van der Waals surface area contributed by atoms with Crippen molar-refractivity contribution in [2.75, 3.05) is 19.8 Å². The molecule has 2 aromatic rings. The molecular weight excluding hydrogens is 266 g/mol. The standard InChI is InChI=1S/C17H21NO3/c1-2-3-11-21-12-10-18-17(20)15-9-8-13-6-4-5-7-14(13)16(15)19/h4-9,19H,2-3,10-12H2,1H3,(H,18,20). The van der Waals surface area contributed by atoms with Gasteiger partial charge in [0, 0.05) is 18.5 Å². The van der Waals surface area contributed by atoms with E-state index in [4.69, 9.17) is 4.74 Å². The SMILES string of the molecule is CCCCOCCNC(=O)c1ccc2ccccc2c1O. The molecule has 4 nitrogen and oxygen atoms in total. The van der Waals surface area contributed by atoms with E-state index in [1.54, 1.807) is 12.1 Å². The first-order chi connectivity index (χ1) is 10.2. The number of unbranched alkanes of at least 4 members (excludes halogenated alkanes) is 1. The van der Waals surface area contributed by atoms with Crippen molar-refractivity contribution in [1.29, 1.82) is 0 Å². The van der Waals surface area contributed by atoms with Crippen LogP contribution in [0.25, 0.3) is 10.8 Å². The highest BCUT2D eigenvalue weighted by atomic mass is 16.5. The number of rotatable bonds is 7. The Bertz CT molecular complexity index is 610. The fourth-order valence-electron chi connectivity index (χ4n) is 2.12. The van der Waals surface area contributed by atoms with E-state index in [0.29, 0.717) is 30.7 Å². The number of amides is 1. The second kappa shape index (κ2) is 7.64. The maximum Gasteiger partial charge on any atom is 0.255 e. The van der Waals surface area contributed by atoms with Crippen LogP contribution in [0.15, 0.2) is 36.4 Å². The first-order valence-corrected chi connectivity index (χ1v) is 7.30. The summed E-state index contributed by atoms with van der Waals surface area (Å²) in [7, 11) is 0. The Balaban J connectivity index is 1.95. The third-order valence-electron chi connectivity index (χ3n) is 3.32. The average molecular weight is 287 g/mol. The van der Waals surface area contributed by atoms with Crippen LogP contribution in [0.4, 0.5) is 0 Å². The van der Waals surface area contributed by atoms with Gasteiger partial charge in [0.05, 0.1) is 12.2 Å². The van der Waals surface area contributed by atoms with Crippen LogP contribution in [0.2, 0.25) is 0 Å². The van der Waals surface area contributed by atoms with Crippen molar-refractivity contribution in [2.45, 2.75) is 19.8 Å². The Morgan fingerprint density at radius 1 is 1.19 bits per heavy atom. The van der Waals surface area contributed by atoms with Crippen LogP contribution in [-0.4, -0.2) is 30.8 Å². The Labute approximate surface area is 124 Å². The lowest BCUT2D eigenvalue weighted by Crippen LogP contribution is -2.27. The zero-order valence-electron chi connectivity index (χ0n) is 12.3. The van der Waals surface area contributed by atoms with Crippen molar-refractivity contribution in [3.05, 3.63) is 42.0 Å². The molecule has 0 aliphatic rings. The van der Waals surface area contributed by atoms with Gasteiger partial charge in [-0.25, -0.2) is 0 Å². The fourth-order valence-corrected chi connectivity index (χ4v) is 2.12. The monoisotopic (exact) mass is 287 g/mol. The first-order valence-electron chi connectivity index (χ1n) is 7.30. The summed E-state index contributed by atoms with van der Waals surface area (Å²) in [6.45, 7) is 3.75. The van der Waals surface area contributed by atoms with E-state index in [9.17, 15) is 9.90 Å². The molecule has 0 saturated carbocycles. The van der Waals surface area contributed by atoms with Crippen molar-refractivity contribution >= 4 is 16.7 Å². The minimum Gasteiger partial charge on any atom is -0.506 e. The second-order valence-electron chi connectivity index (χ2n) is 4.90. The third-order valence-corrected chi connectivity index (χ3v) is 3.32. The summed E-state index contributed by atoms with van der Waals surface area (Å²) in [4.78, 5) is 12.1. The molecule has 0 fully saturated rings. The van der Waals surface area contributed by atoms with Gasteiger partial charge in [0.25, 0.3) is 5.91 Å². The normalized spacial score (nSPS) is 10.7. The predicted octanol–water partition coefficient (Wildman–Crippen LogP) is 3.09. The molecule has 2 N–H and O–H groups in total. The molecule has 2 aromatic carbocycles. The predicted molar refractivity (Wildman–Crippen MR) is 83.7 cm³/mol. The second-order valence-corrected chi connectivity index (χ2v) is 4.90. The van der Waals surface area contributed by atoms with E-state index in [-0.39, 0.29) is 11.7 Å². The zero-order chi connectivity index (χ0) is 15.1. The van der Waals surface area contributed by atoms with Crippen LogP contribution in [0.5, 0.6) is 5.75 Å². The van der Waals surface area contributed by atoms with E-state index in [2.05, 4.69) is 12.2 Å². The summed E-state index contributed by atoms with van der Waals surface area (Å²) in [6, 6.07) is 10.9. The smallest absolute Gasteiger partial charge is 0.255 e. The molecule has 0 aromatic heterocycles. The molecule has 0 bridgehead atoms. The number of hydrogen-bond acceptors (Lipinski definition) is 3. The molecule has 1 amide bonds.